The topological polar surface area (TPSA) is 41.6 Å². The van der Waals surface area contributed by atoms with E-state index in [4.69, 9.17) is 4.74 Å². The first-order valence-corrected chi connectivity index (χ1v) is 7.71. The van der Waals surface area contributed by atoms with Crippen LogP contribution in [0.4, 0.5) is 5.69 Å². The number of hydrogen-bond acceptors (Lipinski definition) is 3. The molecule has 0 saturated carbocycles. The maximum Gasteiger partial charge on any atom is 0.238 e. The largest absolute Gasteiger partial charge is 0.373 e. The third-order valence-electron chi connectivity index (χ3n) is 3.70. The fourth-order valence-electron chi connectivity index (χ4n) is 2.79. The van der Waals surface area contributed by atoms with Gasteiger partial charge in [0, 0.05) is 18.8 Å². The number of carbonyl (C=O) groups is 1. The van der Waals surface area contributed by atoms with E-state index in [0.29, 0.717) is 12.5 Å². The highest BCUT2D eigenvalue weighted by molar-refractivity contribution is 5.92. The lowest BCUT2D eigenvalue weighted by atomic mass is 10.0. The Labute approximate surface area is 127 Å². The van der Waals surface area contributed by atoms with Crippen molar-refractivity contribution in [3.8, 4) is 0 Å². The third kappa shape index (κ3) is 4.83. The van der Waals surface area contributed by atoms with Crippen molar-refractivity contribution < 1.29 is 9.53 Å². The van der Waals surface area contributed by atoms with Gasteiger partial charge in [-0.2, -0.15) is 0 Å². The zero-order chi connectivity index (χ0) is 15.4. The number of nitrogens with zero attached hydrogens (tertiary/aromatic N) is 1. The van der Waals surface area contributed by atoms with Crippen molar-refractivity contribution in [2.75, 3.05) is 25.0 Å². The minimum absolute atomic E-state index is 0.0391. The summed E-state index contributed by atoms with van der Waals surface area (Å²) in [4.78, 5) is 14.3. The molecule has 0 aromatic heterocycles. The molecule has 2 rings (SSSR count). The van der Waals surface area contributed by atoms with Crippen molar-refractivity contribution in [3.05, 3.63) is 29.8 Å². The Morgan fingerprint density at radius 3 is 2.62 bits per heavy atom. The highest BCUT2D eigenvalue weighted by Gasteiger charge is 2.23. The normalized spacial score (nSPS) is 23.3. The number of hydrogen-bond donors (Lipinski definition) is 1. The molecule has 0 aliphatic carbocycles. The summed E-state index contributed by atoms with van der Waals surface area (Å²) in [6, 6.07) is 8.07. The van der Waals surface area contributed by atoms with E-state index >= 15 is 0 Å². The maximum atomic E-state index is 12.2. The minimum Gasteiger partial charge on any atom is -0.373 e. The molecule has 1 aromatic carbocycles. The van der Waals surface area contributed by atoms with Crippen LogP contribution in [0.3, 0.4) is 0 Å². The van der Waals surface area contributed by atoms with Crippen LogP contribution in [0.25, 0.3) is 0 Å². The molecule has 4 nitrogen and oxygen atoms in total. The summed E-state index contributed by atoms with van der Waals surface area (Å²) < 4.78 is 5.68. The van der Waals surface area contributed by atoms with Crippen LogP contribution < -0.4 is 5.32 Å². The number of anilines is 1. The molecule has 1 amide bonds. The molecule has 1 fully saturated rings. The first kappa shape index (κ1) is 16.0. The van der Waals surface area contributed by atoms with Crippen molar-refractivity contribution >= 4 is 11.6 Å². The van der Waals surface area contributed by atoms with Gasteiger partial charge in [0.1, 0.15) is 0 Å². The van der Waals surface area contributed by atoms with Crippen LogP contribution in [0.1, 0.15) is 39.2 Å². The molecule has 21 heavy (non-hydrogen) atoms. The van der Waals surface area contributed by atoms with E-state index in [1.807, 2.05) is 32.0 Å². The summed E-state index contributed by atoms with van der Waals surface area (Å²) in [5.74, 6) is 0.500. The number of benzene rings is 1. The second-order valence-corrected chi connectivity index (χ2v) is 6.28. The fraction of sp³-hybridized carbons (Fsp3) is 0.588. The molecule has 1 N–H and O–H groups in total. The van der Waals surface area contributed by atoms with E-state index < -0.39 is 0 Å². The van der Waals surface area contributed by atoms with Crippen LogP contribution in [-0.4, -0.2) is 42.6 Å². The number of amides is 1. The van der Waals surface area contributed by atoms with Crippen molar-refractivity contribution in [1.29, 1.82) is 0 Å². The van der Waals surface area contributed by atoms with Crippen LogP contribution in [0.5, 0.6) is 0 Å². The molecule has 2 atom stereocenters. The maximum absolute atomic E-state index is 12.2. The number of morpholine rings is 1. The van der Waals surface area contributed by atoms with Crippen LogP contribution in [0, 0.1) is 0 Å². The SMILES string of the molecule is CC1CN(CC(=O)Nc2cccc(C(C)C)c2)CC(C)O1. The molecule has 1 aliphatic rings. The van der Waals surface area contributed by atoms with Crippen LogP contribution in [0.2, 0.25) is 0 Å². The van der Waals surface area contributed by atoms with Crippen molar-refractivity contribution in [1.82, 2.24) is 4.90 Å². The first-order chi connectivity index (χ1) is 9.94. The van der Waals surface area contributed by atoms with Gasteiger partial charge in [-0.05, 0) is 37.5 Å². The zero-order valence-electron chi connectivity index (χ0n) is 13.4. The summed E-state index contributed by atoms with van der Waals surface area (Å²) in [5, 5.41) is 2.99. The first-order valence-electron chi connectivity index (χ1n) is 7.71. The Kier molecular flexibility index (Phi) is 5.37. The van der Waals surface area contributed by atoms with E-state index in [0.717, 1.165) is 18.8 Å². The monoisotopic (exact) mass is 290 g/mol. The zero-order valence-corrected chi connectivity index (χ0v) is 13.4. The summed E-state index contributed by atoms with van der Waals surface area (Å²) >= 11 is 0. The summed E-state index contributed by atoms with van der Waals surface area (Å²) in [7, 11) is 0. The Morgan fingerprint density at radius 2 is 2.00 bits per heavy atom. The van der Waals surface area contributed by atoms with Gasteiger partial charge in [-0.25, -0.2) is 0 Å². The molecule has 0 radical (unpaired) electrons. The van der Waals surface area contributed by atoms with Crippen molar-refractivity contribution in [2.24, 2.45) is 0 Å². The molecular weight excluding hydrogens is 264 g/mol. The number of carbonyl (C=O) groups excluding carboxylic acids is 1. The van der Waals surface area contributed by atoms with Gasteiger partial charge in [-0.3, -0.25) is 9.69 Å². The molecular formula is C17H26N2O2. The van der Waals surface area contributed by atoms with Gasteiger partial charge in [-0.15, -0.1) is 0 Å². The molecule has 1 heterocycles. The Balaban J connectivity index is 1.91. The van der Waals surface area contributed by atoms with E-state index in [9.17, 15) is 4.79 Å². The molecule has 1 aliphatic heterocycles. The van der Waals surface area contributed by atoms with Gasteiger partial charge < -0.3 is 10.1 Å². The Hall–Kier alpha value is -1.39. The predicted octanol–water partition coefficient (Wildman–Crippen LogP) is 2.86. The quantitative estimate of drug-likeness (QED) is 0.927. The van der Waals surface area contributed by atoms with E-state index in [-0.39, 0.29) is 18.1 Å². The molecule has 1 saturated heterocycles. The lowest BCUT2D eigenvalue weighted by molar-refractivity contribution is -0.121. The van der Waals surface area contributed by atoms with E-state index in [1.165, 1.54) is 5.56 Å². The second-order valence-electron chi connectivity index (χ2n) is 6.28. The number of rotatable bonds is 4. The summed E-state index contributed by atoms with van der Waals surface area (Å²) in [5.41, 5.74) is 2.11. The van der Waals surface area contributed by atoms with E-state index in [1.54, 1.807) is 0 Å². The van der Waals surface area contributed by atoms with Gasteiger partial charge in [0.2, 0.25) is 5.91 Å². The molecule has 116 valence electrons. The van der Waals surface area contributed by atoms with E-state index in [2.05, 4.69) is 30.1 Å². The van der Waals surface area contributed by atoms with Gasteiger partial charge in [0.25, 0.3) is 0 Å². The van der Waals surface area contributed by atoms with Crippen LogP contribution >= 0.6 is 0 Å². The highest BCUT2D eigenvalue weighted by Crippen LogP contribution is 2.18. The molecule has 0 bridgehead atoms. The van der Waals surface area contributed by atoms with Gasteiger partial charge in [0.05, 0.1) is 18.8 Å². The summed E-state index contributed by atoms with van der Waals surface area (Å²) in [6.07, 6.45) is 0.372. The molecule has 4 heteroatoms. The molecule has 2 unspecified atom stereocenters. The Bertz CT molecular complexity index is 477. The van der Waals surface area contributed by atoms with Gasteiger partial charge >= 0.3 is 0 Å². The minimum atomic E-state index is 0.0391. The number of ether oxygens (including phenoxy) is 1. The molecule has 1 aromatic rings. The van der Waals surface area contributed by atoms with Crippen molar-refractivity contribution in [3.63, 3.8) is 0 Å². The van der Waals surface area contributed by atoms with Gasteiger partial charge in [0.15, 0.2) is 0 Å². The lowest BCUT2D eigenvalue weighted by Crippen LogP contribution is -2.48. The standard InChI is InChI=1S/C17H26N2O2/c1-12(2)15-6-5-7-16(8-15)18-17(20)11-19-9-13(3)21-14(4)10-19/h5-8,12-14H,9-11H2,1-4H3,(H,18,20). The fourth-order valence-corrected chi connectivity index (χ4v) is 2.79. The van der Waals surface area contributed by atoms with Crippen molar-refractivity contribution in [2.45, 2.75) is 45.8 Å². The highest BCUT2D eigenvalue weighted by atomic mass is 16.5. The second kappa shape index (κ2) is 7.05. The average Bonchev–Trinajstić information content (AvgIpc) is 2.37. The van der Waals surface area contributed by atoms with Crippen LogP contribution in [0.15, 0.2) is 24.3 Å². The number of nitrogens with one attached hydrogen (secondary N) is 1. The predicted molar refractivity (Wildman–Crippen MR) is 85.6 cm³/mol. The average molecular weight is 290 g/mol. The molecule has 0 spiro atoms. The summed E-state index contributed by atoms with van der Waals surface area (Å²) in [6.45, 7) is 10.4. The third-order valence-corrected chi connectivity index (χ3v) is 3.70. The van der Waals surface area contributed by atoms with Crippen LogP contribution in [-0.2, 0) is 9.53 Å². The Morgan fingerprint density at radius 1 is 1.33 bits per heavy atom. The lowest BCUT2D eigenvalue weighted by Gasteiger charge is -2.34. The smallest absolute Gasteiger partial charge is 0.238 e. The van der Waals surface area contributed by atoms with Gasteiger partial charge in [-0.1, -0.05) is 26.0 Å².